The number of hydrogen-bond acceptors (Lipinski definition) is 5. The van der Waals surface area contributed by atoms with E-state index in [1.807, 2.05) is 77.7 Å². The first-order valence-corrected chi connectivity index (χ1v) is 15.5. The van der Waals surface area contributed by atoms with Crippen LogP contribution in [0, 0.1) is 46.3 Å². The molecule has 2 saturated heterocycles. The van der Waals surface area contributed by atoms with E-state index in [4.69, 9.17) is 11.6 Å². The summed E-state index contributed by atoms with van der Waals surface area (Å²) >= 11 is 5.16. The maximum absolute atomic E-state index is 12.5. The summed E-state index contributed by atoms with van der Waals surface area (Å²) in [7, 11) is 0. The van der Waals surface area contributed by atoms with Crippen molar-refractivity contribution in [2.45, 2.75) is 12.8 Å². The van der Waals surface area contributed by atoms with Crippen molar-refractivity contribution in [1.29, 1.82) is 0 Å². The van der Waals surface area contributed by atoms with Gasteiger partial charge in [0.25, 0.3) is 11.1 Å². The smallest absolute Gasteiger partial charge is 0.253 e. The van der Waals surface area contributed by atoms with Crippen LogP contribution in [0.4, 0.5) is 0 Å². The maximum Gasteiger partial charge on any atom is 0.253 e. The molecule has 4 unspecified atom stereocenters. The molecular formula is C38H33ClN4O2. The molecule has 2 aromatic carbocycles. The number of fused-ring (bicyclic) bond motifs is 2. The molecule has 4 aliphatic rings. The van der Waals surface area contributed by atoms with Gasteiger partial charge in [-0.1, -0.05) is 72.5 Å². The summed E-state index contributed by atoms with van der Waals surface area (Å²) in [6.45, 7) is 3.78. The standard InChI is InChI=1S/C19H16N2O.C12H12N2.C7H5ClO/c22-18(15-6-2-1-3-7-15)21-13-16-12-19(16,14-21)10-9-17-8-4-5-11-20-17;1-2-6-14-11(3-1)4-5-12-7-10(12)8-13-9-12;8-7(9)6-4-2-1-3-5-6/h1-8,11,16H,12-14H2;1-3,6,10,13H,7-9H2;1-5H. The zero-order valence-electron chi connectivity index (χ0n) is 24.8. The molecule has 2 aromatic heterocycles. The Labute approximate surface area is 269 Å². The second-order valence-electron chi connectivity index (χ2n) is 11.9. The Morgan fingerprint density at radius 3 is 1.78 bits per heavy atom. The highest BCUT2D eigenvalue weighted by molar-refractivity contribution is 6.67. The number of carbonyl (C=O) groups is 2. The second-order valence-corrected chi connectivity index (χ2v) is 12.2. The predicted octanol–water partition coefficient (Wildman–Crippen LogP) is 5.70. The number of piperidine rings is 2. The first-order chi connectivity index (χ1) is 22.0. The predicted molar refractivity (Wildman–Crippen MR) is 175 cm³/mol. The van der Waals surface area contributed by atoms with E-state index in [2.05, 4.69) is 39.0 Å². The lowest BCUT2D eigenvalue weighted by Crippen LogP contribution is -2.31. The topological polar surface area (TPSA) is 75.2 Å². The fraction of sp³-hybridized carbons (Fsp3) is 0.263. The minimum Gasteiger partial charge on any atom is -0.337 e. The van der Waals surface area contributed by atoms with Gasteiger partial charge in [0, 0.05) is 48.6 Å². The van der Waals surface area contributed by atoms with Crippen LogP contribution in [0.15, 0.2) is 109 Å². The number of carbonyl (C=O) groups excluding carboxylic acids is 2. The minimum absolute atomic E-state index is 0.00195. The van der Waals surface area contributed by atoms with Gasteiger partial charge in [0.05, 0.1) is 5.41 Å². The Kier molecular flexibility index (Phi) is 9.08. The van der Waals surface area contributed by atoms with E-state index < -0.39 is 5.24 Å². The molecule has 0 spiro atoms. The summed E-state index contributed by atoms with van der Waals surface area (Å²) in [5, 5.41) is 2.97. The quantitative estimate of drug-likeness (QED) is 0.232. The van der Waals surface area contributed by atoms with Crippen molar-refractivity contribution in [3.63, 3.8) is 0 Å². The minimum atomic E-state index is -0.407. The van der Waals surface area contributed by atoms with E-state index in [9.17, 15) is 9.59 Å². The molecule has 8 rings (SSSR count). The van der Waals surface area contributed by atoms with E-state index in [1.54, 1.807) is 36.7 Å². The molecule has 0 bridgehead atoms. The molecular weight excluding hydrogens is 580 g/mol. The second kappa shape index (κ2) is 13.5. The average molecular weight is 613 g/mol. The highest BCUT2D eigenvalue weighted by Crippen LogP contribution is 2.57. The zero-order valence-corrected chi connectivity index (χ0v) is 25.6. The monoisotopic (exact) mass is 612 g/mol. The van der Waals surface area contributed by atoms with E-state index in [1.165, 1.54) is 6.42 Å². The third kappa shape index (κ3) is 7.49. The number of benzene rings is 2. The van der Waals surface area contributed by atoms with Gasteiger partial charge in [0.15, 0.2) is 0 Å². The highest BCUT2D eigenvalue weighted by Gasteiger charge is 2.60. The van der Waals surface area contributed by atoms with E-state index in [0.717, 1.165) is 55.5 Å². The summed E-state index contributed by atoms with van der Waals surface area (Å²) in [6, 6.07) is 29.8. The van der Waals surface area contributed by atoms with E-state index in [0.29, 0.717) is 16.9 Å². The molecule has 2 saturated carbocycles. The SMILES string of the molecule is C(#CC12CNCC1C2)c1ccccn1.O=C(Cl)c1ccccc1.O=C(c1ccccc1)N1CC2CC2(C#Cc2ccccn2)C1. The lowest BCUT2D eigenvalue weighted by Gasteiger charge is -2.19. The van der Waals surface area contributed by atoms with Crippen molar-refractivity contribution in [3.8, 4) is 23.7 Å². The fourth-order valence-corrected chi connectivity index (χ4v) is 6.07. The lowest BCUT2D eigenvalue weighted by atomic mass is 10.1. The summed E-state index contributed by atoms with van der Waals surface area (Å²) < 4.78 is 0. The lowest BCUT2D eigenvalue weighted by molar-refractivity contribution is 0.0770. The van der Waals surface area contributed by atoms with Gasteiger partial charge in [0.2, 0.25) is 0 Å². The summed E-state index contributed by atoms with van der Waals surface area (Å²) in [6.07, 6.45) is 5.93. The molecule has 0 radical (unpaired) electrons. The molecule has 4 heterocycles. The molecule has 4 aromatic rings. The summed E-state index contributed by atoms with van der Waals surface area (Å²) in [5.74, 6) is 14.5. The fourth-order valence-electron chi connectivity index (χ4n) is 5.95. The van der Waals surface area contributed by atoms with Crippen molar-refractivity contribution in [2.75, 3.05) is 26.2 Å². The van der Waals surface area contributed by atoms with Crippen LogP contribution >= 0.6 is 11.6 Å². The summed E-state index contributed by atoms with van der Waals surface area (Å²) in [4.78, 5) is 33.3. The third-order valence-corrected chi connectivity index (χ3v) is 8.94. The number of halogens is 1. The van der Waals surface area contributed by atoms with Gasteiger partial charge in [-0.25, -0.2) is 9.97 Å². The van der Waals surface area contributed by atoms with Crippen LogP contribution in [-0.2, 0) is 0 Å². The Hall–Kier alpha value is -4.75. The number of rotatable bonds is 2. The molecule has 2 aliphatic heterocycles. The van der Waals surface area contributed by atoms with Gasteiger partial charge < -0.3 is 10.2 Å². The average Bonchev–Trinajstić information content (AvgIpc) is 3.88. The van der Waals surface area contributed by atoms with E-state index in [-0.39, 0.29) is 11.3 Å². The molecule has 224 valence electrons. The van der Waals surface area contributed by atoms with Gasteiger partial charge in [0.1, 0.15) is 11.4 Å². The first-order valence-electron chi connectivity index (χ1n) is 15.1. The van der Waals surface area contributed by atoms with Crippen LogP contribution in [0.25, 0.3) is 0 Å². The summed E-state index contributed by atoms with van der Waals surface area (Å²) in [5.41, 5.74) is 3.30. The number of pyridine rings is 2. The van der Waals surface area contributed by atoms with Crippen LogP contribution in [0.2, 0.25) is 0 Å². The molecule has 45 heavy (non-hydrogen) atoms. The molecule has 1 amide bonds. The molecule has 2 aliphatic carbocycles. The molecule has 6 nitrogen and oxygen atoms in total. The number of amides is 1. The number of hydrogen-bond donors (Lipinski definition) is 1. The largest absolute Gasteiger partial charge is 0.337 e. The van der Waals surface area contributed by atoms with Crippen molar-refractivity contribution in [1.82, 2.24) is 20.2 Å². The van der Waals surface area contributed by atoms with Crippen molar-refractivity contribution in [2.24, 2.45) is 22.7 Å². The molecule has 7 heteroatoms. The number of likely N-dealkylation sites (tertiary alicyclic amines) is 1. The maximum atomic E-state index is 12.5. The van der Waals surface area contributed by atoms with Crippen LogP contribution < -0.4 is 5.32 Å². The Bertz CT molecular complexity index is 1760. The van der Waals surface area contributed by atoms with Crippen LogP contribution in [0.5, 0.6) is 0 Å². The third-order valence-electron chi connectivity index (χ3n) is 8.73. The molecule has 1 N–H and O–H groups in total. The van der Waals surface area contributed by atoms with Gasteiger partial charge in [-0.15, -0.1) is 0 Å². The number of aromatic nitrogens is 2. The van der Waals surface area contributed by atoms with Gasteiger partial charge in [-0.05, 0) is 91.1 Å². The highest BCUT2D eigenvalue weighted by atomic mass is 35.5. The van der Waals surface area contributed by atoms with Gasteiger partial charge in [-0.3, -0.25) is 9.59 Å². The van der Waals surface area contributed by atoms with Gasteiger partial charge in [-0.2, -0.15) is 0 Å². The number of nitrogens with zero attached hydrogens (tertiary/aromatic N) is 3. The number of nitrogens with one attached hydrogen (secondary N) is 1. The zero-order chi connectivity index (χ0) is 31.1. The Morgan fingerprint density at radius 1 is 0.733 bits per heavy atom. The van der Waals surface area contributed by atoms with Crippen LogP contribution in [0.3, 0.4) is 0 Å². The van der Waals surface area contributed by atoms with Crippen molar-refractivity contribution in [3.05, 3.63) is 132 Å². The first kappa shape index (κ1) is 30.3. The molecule has 4 fully saturated rings. The van der Waals surface area contributed by atoms with Crippen molar-refractivity contribution < 1.29 is 9.59 Å². The van der Waals surface area contributed by atoms with Crippen LogP contribution in [-0.4, -0.2) is 52.2 Å². The van der Waals surface area contributed by atoms with Crippen LogP contribution in [0.1, 0.15) is 44.9 Å². The normalized spacial score (nSPS) is 24.3. The van der Waals surface area contributed by atoms with Gasteiger partial charge >= 0.3 is 0 Å². The van der Waals surface area contributed by atoms with E-state index >= 15 is 0 Å². The Morgan fingerprint density at radius 2 is 1.29 bits per heavy atom. The van der Waals surface area contributed by atoms with Crippen molar-refractivity contribution >= 4 is 22.8 Å². The molecule has 4 atom stereocenters. The Balaban J connectivity index is 0.000000132.